The molecule has 10 heteroatoms. The van der Waals surface area contributed by atoms with E-state index in [2.05, 4.69) is 70.7 Å². The quantitative estimate of drug-likeness (QED) is 0.365. The predicted octanol–water partition coefficient (Wildman–Crippen LogP) is 1.63. The number of hydrazone groups is 1. The summed E-state index contributed by atoms with van der Waals surface area (Å²) >= 11 is 4.35. The topological polar surface area (TPSA) is 116 Å². The zero-order chi connectivity index (χ0) is 15.4. The summed E-state index contributed by atoms with van der Waals surface area (Å²) in [4.78, 5) is 11.7. The van der Waals surface area contributed by atoms with Crippen molar-refractivity contribution in [1.29, 1.82) is 0 Å². The van der Waals surface area contributed by atoms with Crippen LogP contribution < -0.4 is 15.9 Å². The summed E-state index contributed by atoms with van der Waals surface area (Å²) in [5.74, 6) is -0.0231. The largest absolute Gasteiger partial charge is 0.495 e. The van der Waals surface area contributed by atoms with Crippen LogP contribution in [0.5, 0.6) is 5.75 Å². The standard InChI is InChI=1S/C11H9I2N5O3/c1-20-9-5(2-6(12)3-7(9)13)4-15-16-11(19)8-10(14)18-21-17-8/h2-4H,1H3,(H2,14,18)(H,16,19). The van der Waals surface area contributed by atoms with Crippen LogP contribution in [0.4, 0.5) is 5.82 Å². The van der Waals surface area contributed by atoms with Crippen molar-refractivity contribution in [2.45, 2.75) is 0 Å². The van der Waals surface area contributed by atoms with Crippen molar-refractivity contribution in [3.63, 3.8) is 0 Å². The summed E-state index contributed by atoms with van der Waals surface area (Å²) < 4.78 is 11.6. The Morgan fingerprint density at radius 1 is 1.48 bits per heavy atom. The summed E-state index contributed by atoms with van der Waals surface area (Å²) in [6, 6.07) is 3.85. The number of methoxy groups -OCH3 is 1. The average molecular weight is 513 g/mol. The van der Waals surface area contributed by atoms with Gasteiger partial charge >= 0.3 is 0 Å². The number of anilines is 1. The van der Waals surface area contributed by atoms with Crippen LogP contribution in [0, 0.1) is 7.14 Å². The van der Waals surface area contributed by atoms with Crippen LogP contribution in [0.15, 0.2) is 21.9 Å². The maximum absolute atomic E-state index is 11.7. The molecule has 1 aromatic carbocycles. The fourth-order valence-electron chi connectivity index (χ4n) is 1.46. The van der Waals surface area contributed by atoms with E-state index in [1.165, 1.54) is 6.21 Å². The number of carbonyl (C=O) groups excluding carboxylic acids is 1. The first-order chi connectivity index (χ1) is 10.0. The van der Waals surface area contributed by atoms with Crippen LogP contribution in [0.1, 0.15) is 16.1 Å². The lowest BCUT2D eigenvalue weighted by atomic mass is 10.2. The number of amides is 1. The molecule has 0 aliphatic carbocycles. The zero-order valence-corrected chi connectivity index (χ0v) is 14.9. The molecular formula is C11H9I2N5O3. The van der Waals surface area contributed by atoms with E-state index >= 15 is 0 Å². The first-order valence-electron chi connectivity index (χ1n) is 5.47. The number of nitrogens with zero attached hydrogens (tertiary/aromatic N) is 3. The Labute approximate surface area is 146 Å². The van der Waals surface area contributed by atoms with Crippen LogP contribution in [-0.2, 0) is 0 Å². The van der Waals surface area contributed by atoms with Crippen molar-refractivity contribution in [1.82, 2.24) is 15.7 Å². The molecule has 0 bridgehead atoms. The molecule has 0 unspecified atom stereocenters. The molecular weight excluding hydrogens is 504 g/mol. The first kappa shape index (κ1) is 15.9. The minimum absolute atomic E-state index is 0.0934. The third kappa shape index (κ3) is 3.81. The van der Waals surface area contributed by atoms with Crippen molar-refractivity contribution >= 4 is 63.1 Å². The van der Waals surface area contributed by atoms with Crippen molar-refractivity contribution in [2.75, 3.05) is 12.8 Å². The molecule has 2 rings (SSSR count). The lowest BCUT2D eigenvalue weighted by Gasteiger charge is -2.07. The van der Waals surface area contributed by atoms with Crippen LogP contribution in [0.2, 0.25) is 0 Å². The monoisotopic (exact) mass is 513 g/mol. The highest BCUT2D eigenvalue weighted by Gasteiger charge is 2.15. The predicted molar refractivity (Wildman–Crippen MR) is 92.2 cm³/mol. The maximum atomic E-state index is 11.7. The molecule has 0 aliphatic rings. The smallest absolute Gasteiger partial charge is 0.297 e. The van der Waals surface area contributed by atoms with E-state index in [0.717, 1.165) is 12.7 Å². The van der Waals surface area contributed by atoms with Gasteiger partial charge in [-0.1, -0.05) is 0 Å². The molecule has 1 heterocycles. The first-order valence-corrected chi connectivity index (χ1v) is 7.63. The molecule has 0 fully saturated rings. The fourth-order valence-corrected chi connectivity index (χ4v) is 3.57. The Morgan fingerprint density at radius 3 is 2.86 bits per heavy atom. The summed E-state index contributed by atoms with van der Waals surface area (Å²) in [6.07, 6.45) is 1.48. The molecule has 0 saturated heterocycles. The highest BCUT2D eigenvalue weighted by atomic mass is 127. The van der Waals surface area contributed by atoms with Gasteiger partial charge in [0.2, 0.25) is 11.5 Å². The minimum atomic E-state index is -0.607. The number of nitrogens with two attached hydrogens (primary N) is 1. The van der Waals surface area contributed by atoms with Gasteiger partial charge in [-0.25, -0.2) is 10.1 Å². The highest BCUT2D eigenvalue weighted by Crippen LogP contribution is 2.26. The van der Waals surface area contributed by atoms with Gasteiger partial charge < -0.3 is 10.5 Å². The lowest BCUT2D eigenvalue weighted by Crippen LogP contribution is -2.19. The van der Waals surface area contributed by atoms with Crippen molar-refractivity contribution in [2.24, 2.45) is 5.10 Å². The maximum Gasteiger partial charge on any atom is 0.297 e. The SMILES string of the molecule is COc1c(I)cc(I)cc1C=NNC(=O)c1nonc1N. The third-order valence-corrected chi connectivity index (χ3v) is 3.76. The van der Waals surface area contributed by atoms with Gasteiger partial charge in [-0.15, -0.1) is 0 Å². The number of ether oxygens (including phenoxy) is 1. The fraction of sp³-hybridized carbons (Fsp3) is 0.0909. The third-order valence-electron chi connectivity index (χ3n) is 2.34. The number of nitrogen functional groups attached to an aromatic ring is 1. The molecule has 0 saturated carbocycles. The molecule has 1 aromatic heterocycles. The van der Waals surface area contributed by atoms with E-state index < -0.39 is 5.91 Å². The molecule has 8 nitrogen and oxygen atoms in total. The lowest BCUT2D eigenvalue weighted by molar-refractivity contribution is 0.0946. The molecule has 1 amide bonds. The van der Waals surface area contributed by atoms with E-state index in [0.29, 0.717) is 5.75 Å². The van der Waals surface area contributed by atoms with E-state index in [9.17, 15) is 4.79 Å². The number of benzene rings is 1. The Hall–Kier alpha value is -1.44. The van der Waals surface area contributed by atoms with Crippen LogP contribution in [0.25, 0.3) is 0 Å². The van der Waals surface area contributed by atoms with Gasteiger partial charge in [0.25, 0.3) is 5.91 Å². The average Bonchev–Trinajstić information content (AvgIpc) is 2.84. The number of nitrogens with one attached hydrogen (secondary N) is 1. The Kier molecular flexibility index (Phi) is 5.33. The zero-order valence-electron chi connectivity index (χ0n) is 10.6. The van der Waals surface area contributed by atoms with Gasteiger partial charge in [-0.3, -0.25) is 4.79 Å². The van der Waals surface area contributed by atoms with Gasteiger partial charge in [0.1, 0.15) is 5.75 Å². The summed E-state index contributed by atoms with van der Waals surface area (Å²) in [6.45, 7) is 0. The Balaban J connectivity index is 2.15. The normalized spacial score (nSPS) is 10.8. The van der Waals surface area contributed by atoms with Crippen LogP contribution in [0.3, 0.4) is 0 Å². The van der Waals surface area contributed by atoms with Crippen molar-refractivity contribution < 1.29 is 14.2 Å². The molecule has 110 valence electrons. The van der Waals surface area contributed by atoms with Gasteiger partial charge in [-0.2, -0.15) is 5.10 Å². The summed E-state index contributed by atoms with van der Waals surface area (Å²) in [5, 5.41) is 10.5. The van der Waals surface area contributed by atoms with E-state index in [1.54, 1.807) is 7.11 Å². The molecule has 0 atom stereocenters. The van der Waals surface area contributed by atoms with Gasteiger partial charge in [0.15, 0.2) is 0 Å². The highest BCUT2D eigenvalue weighted by molar-refractivity contribution is 14.1. The summed E-state index contributed by atoms with van der Waals surface area (Å²) in [7, 11) is 1.57. The molecule has 21 heavy (non-hydrogen) atoms. The summed E-state index contributed by atoms with van der Waals surface area (Å²) in [5.41, 5.74) is 8.32. The van der Waals surface area contributed by atoms with E-state index in [-0.39, 0.29) is 11.5 Å². The van der Waals surface area contributed by atoms with E-state index in [4.69, 9.17) is 10.5 Å². The second kappa shape index (κ2) is 7.02. The number of carbonyl (C=O) groups is 1. The number of halogens is 2. The number of hydrogen-bond donors (Lipinski definition) is 2. The Bertz CT molecular complexity index is 701. The number of aromatic nitrogens is 2. The molecule has 0 radical (unpaired) electrons. The second-order valence-electron chi connectivity index (χ2n) is 3.71. The molecule has 0 spiro atoms. The minimum Gasteiger partial charge on any atom is -0.495 e. The second-order valence-corrected chi connectivity index (χ2v) is 6.12. The van der Waals surface area contributed by atoms with E-state index in [1.807, 2.05) is 12.1 Å². The van der Waals surface area contributed by atoms with Gasteiger partial charge in [-0.05, 0) is 67.6 Å². The Morgan fingerprint density at radius 2 is 2.24 bits per heavy atom. The molecule has 2 aromatic rings. The van der Waals surface area contributed by atoms with Crippen molar-refractivity contribution in [3.05, 3.63) is 30.5 Å². The molecule has 0 aliphatic heterocycles. The van der Waals surface area contributed by atoms with Crippen LogP contribution >= 0.6 is 45.2 Å². The number of hydrogen-bond acceptors (Lipinski definition) is 7. The van der Waals surface area contributed by atoms with Crippen molar-refractivity contribution in [3.8, 4) is 5.75 Å². The van der Waals surface area contributed by atoms with Gasteiger partial charge in [0.05, 0.1) is 16.9 Å². The van der Waals surface area contributed by atoms with Gasteiger partial charge in [0, 0.05) is 9.13 Å². The number of rotatable bonds is 4. The van der Waals surface area contributed by atoms with Crippen LogP contribution in [-0.4, -0.2) is 29.5 Å². The molecule has 3 N–H and O–H groups in total.